The van der Waals surface area contributed by atoms with Gasteiger partial charge in [-0.25, -0.2) is 8.42 Å². The number of hydrogen-bond acceptors (Lipinski definition) is 5. The SMILES string of the molecule is O=C(Nc1ccc(C(F)(F)F)cc1)c1cc(S(=O)(=O)N2CCCCC2)ccc1N1CCOCC1. The first-order chi connectivity index (χ1) is 16.2. The van der Waals surface area contributed by atoms with Gasteiger partial charge in [-0.3, -0.25) is 4.79 Å². The Morgan fingerprint density at radius 1 is 0.912 bits per heavy atom. The van der Waals surface area contributed by atoms with Crippen LogP contribution in [0.3, 0.4) is 0 Å². The highest BCUT2D eigenvalue weighted by Crippen LogP contribution is 2.31. The first-order valence-electron chi connectivity index (χ1n) is 11.1. The molecule has 7 nitrogen and oxygen atoms in total. The van der Waals surface area contributed by atoms with E-state index in [1.165, 1.54) is 28.6 Å². The minimum Gasteiger partial charge on any atom is -0.378 e. The summed E-state index contributed by atoms with van der Waals surface area (Å²) in [7, 11) is -3.78. The molecule has 11 heteroatoms. The van der Waals surface area contributed by atoms with Crippen LogP contribution >= 0.6 is 0 Å². The summed E-state index contributed by atoms with van der Waals surface area (Å²) in [5, 5.41) is 2.60. The molecule has 184 valence electrons. The number of benzene rings is 2. The van der Waals surface area contributed by atoms with Crippen LogP contribution in [-0.2, 0) is 20.9 Å². The molecule has 0 aromatic heterocycles. The molecule has 2 aliphatic rings. The topological polar surface area (TPSA) is 79.0 Å². The number of halogens is 3. The lowest BCUT2D eigenvalue weighted by Gasteiger charge is -2.31. The van der Waals surface area contributed by atoms with Gasteiger partial charge in [0.2, 0.25) is 10.0 Å². The standard InChI is InChI=1S/C23H26F3N3O4S/c24-23(25,26)17-4-6-18(7-5-17)27-22(30)20-16-19(34(31,32)29-10-2-1-3-11-29)8-9-21(20)28-12-14-33-15-13-28/h4-9,16H,1-3,10-15H2,(H,27,30). The van der Waals surface area contributed by atoms with Gasteiger partial charge in [0.05, 0.1) is 29.2 Å². The lowest BCUT2D eigenvalue weighted by Crippen LogP contribution is -2.38. The fraction of sp³-hybridized carbons (Fsp3) is 0.435. The van der Waals surface area contributed by atoms with Crippen molar-refractivity contribution < 1.29 is 31.1 Å². The lowest BCUT2D eigenvalue weighted by atomic mass is 10.1. The molecule has 1 N–H and O–H groups in total. The summed E-state index contributed by atoms with van der Waals surface area (Å²) in [6.07, 6.45) is -1.94. The fourth-order valence-electron chi connectivity index (χ4n) is 4.13. The van der Waals surface area contributed by atoms with E-state index in [-0.39, 0.29) is 16.1 Å². The third-order valence-corrected chi connectivity index (χ3v) is 7.88. The first-order valence-corrected chi connectivity index (χ1v) is 12.6. The zero-order chi connectivity index (χ0) is 24.3. The molecule has 2 aromatic rings. The van der Waals surface area contributed by atoms with Crippen LogP contribution in [0.1, 0.15) is 35.2 Å². The molecule has 1 amide bonds. The van der Waals surface area contributed by atoms with Crippen molar-refractivity contribution in [1.29, 1.82) is 0 Å². The van der Waals surface area contributed by atoms with Gasteiger partial charge in [-0.2, -0.15) is 17.5 Å². The Bertz CT molecular complexity index is 1130. The molecule has 0 saturated carbocycles. The molecule has 0 spiro atoms. The van der Waals surface area contributed by atoms with Crippen LogP contribution in [0.2, 0.25) is 0 Å². The molecule has 0 bridgehead atoms. The number of nitrogens with zero attached hydrogens (tertiary/aromatic N) is 2. The average molecular weight is 498 g/mol. The molecule has 0 aliphatic carbocycles. The number of carbonyl (C=O) groups excluding carboxylic acids is 1. The number of carbonyl (C=O) groups is 1. The Kier molecular flexibility index (Phi) is 7.15. The van der Waals surface area contributed by atoms with Crippen LogP contribution in [0.15, 0.2) is 47.4 Å². The third-order valence-electron chi connectivity index (χ3n) is 5.99. The van der Waals surface area contributed by atoms with Gasteiger partial charge in [0, 0.05) is 37.6 Å². The van der Waals surface area contributed by atoms with E-state index in [0.29, 0.717) is 45.1 Å². The largest absolute Gasteiger partial charge is 0.416 e. The van der Waals surface area contributed by atoms with Gasteiger partial charge >= 0.3 is 6.18 Å². The van der Waals surface area contributed by atoms with Gasteiger partial charge in [0.15, 0.2) is 0 Å². The van der Waals surface area contributed by atoms with E-state index in [1.807, 2.05) is 4.90 Å². The zero-order valence-corrected chi connectivity index (χ0v) is 19.3. The maximum atomic E-state index is 13.2. The smallest absolute Gasteiger partial charge is 0.378 e. The van der Waals surface area contributed by atoms with Crippen molar-refractivity contribution >= 4 is 27.3 Å². The van der Waals surface area contributed by atoms with Crippen LogP contribution < -0.4 is 10.2 Å². The highest BCUT2D eigenvalue weighted by molar-refractivity contribution is 7.89. The second-order valence-corrected chi connectivity index (χ2v) is 10.2. The Labute approximate surface area is 196 Å². The number of alkyl halides is 3. The minimum absolute atomic E-state index is 0.0176. The average Bonchev–Trinajstić information content (AvgIpc) is 2.84. The van der Waals surface area contributed by atoms with Crippen molar-refractivity contribution in [2.75, 3.05) is 49.6 Å². The number of hydrogen-bond donors (Lipinski definition) is 1. The van der Waals surface area contributed by atoms with E-state index in [1.54, 1.807) is 6.07 Å². The van der Waals surface area contributed by atoms with E-state index in [9.17, 15) is 26.4 Å². The van der Waals surface area contributed by atoms with Crippen LogP contribution in [0.4, 0.5) is 24.5 Å². The van der Waals surface area contributed by atoms with Crippen LogP contribution in [-0.4, -0.2) is 58.0 Å². The van der Waals surface area contributed by atoms with Crippen molar-refractivity contribution in [3.63, 3.8) is 0 Å². The van der Waals surface area contributed by atoms with Crippen molar-refractivity contribution in [3.05, 3.63) is 53.6 Å². The van der Waals surface area contributed by atoms with Crippen LogP contribution in [0, 0.1) is 0 Å². The number of morpholine rings is 1. The predicted octanol–water partition coefficient (Wildman–Crippen LogP) is 3.97. The summed E-state index contributed by atoms with van der Waals surface area (Å²) in [6.45, 7) is 2.85. The monoisotopic (exact) mass is 497 g/mol. The molecule has 2 aliphatic heterocycles. The molecule has 2 fully saturated rings. The number of nitrogens with one attached hydrogen (secondary N) is 1. The Hall–Kier alpha value is -2.63. The molecular weight excluding hydrogens is 471 g/mol. The zero-order valence-electron chi connectivity index (χ0n) is 18.5. The normalized spacial score (nSPS) is 18.0. The van der Waals surface area contributed by atoms with Gasteiger partial charge < -0.3 is 15.0 Å². The van der Waals surface area contributed by atoms with E-state index in [4.69, 9.17) is 4.74 Å². The summed E-state index contributed by atoms with van der Waals surface area (Å²) in [5.41, 5.74) is 0.0366. The predicted molar refractivity (Wildman–Crippen MR) is 121 cm³/mol. The van der Waals surface area contributed by atoms with Gasteiger partial charge in [0.1, 0.15) is 0 Å². The van der Waals surface area contributed by atoms with E-state index in [0.717, 1.165) is 31.4 Å². The molecule has 0 radical (unpaired) electrons. The number of anilines is 2. The minimum atomic E-state index is -4.48. The number of sulfonamides is 1. The van der Waals surface area contributed by atoms with Crippen molar-refractivity contribution in [3.8, 4) is 0 Å². The number of piperidine rings is 1. The number of ether oxygens (including phenoxy) is 1. The van der Waals surface area contributed by atoms with Gasteiger partial charge in [-0.05, 0) is 55.3 Å². The molecule has 2 heterocycles. The Morgan fingerprint density at radius 2 is 1.56 bits per heavy atom. The quantitative estimate of drug-likeness (QED) is 0.677. The summed E-state index contributed by atoms with van der Waals surface area (Å²) < 4.78 is 71.7. The summed E-state index contributed by atoms with van der Waals surface area (Å²) in [5.74, 6) is -0.600. The van der Waals surface area contributed by atoms with Crippen LogP contribution in [0.5, 0.6) is 0 Å². The van der Waals surface area contributed by atoms with Crippen molar-refractivity contribution in [2.45, 2.75) is 30.3 Å². The summed E-state index contributed by atoms with van der Waals surface area (Å²) in [4.78, 5) is 15.2. The summed E-state index contributed by atoms with van der Waals surface area (Å²) >= 11 is 0. The van der Waals surface area contributed by atoms with Gasteiger partial charge in [-0.15, -0.1) is 0 Å². The highest BCUT2D eigenvalue weighted by atomic mass is 32.2. The van der Waals surface area contributed by atoms with Crippen molar-refractivity contribution in [1.82, 2.24) is 4.31 Å². The Morgan fingerprint density at radius 3 is 2.18 bits per heavy atom. The maximum absolute atomic E-state index is 13.2. The van der Waals surface area contributed by atoms with E-state index >= 15 is 0 Å². The van der Waals surface area contributed by atoms with E-state index < -0.39 is 27.7 Å². The lowest BCUT2D eigenvalue weighted by molar-refractivity contribution is -0.137. The molecule has 4 rings (SSSR count). The number of amides is 1. The first kappa shape index (κ1) is 24.5. The summed E-state index contributed by atoms with van der Waals surface area (Å²) in [6, 6.07) is 8.58. The van der Waals surface area contributed by atoms with Gasteiger partial charge in [0.25, 0.3) is 5.91 Å². The number of rotatable bonds is 5. The molecule has 2 aromatic carbocycles. The van der Waals surface area contributed by atoms with Crippen molar-refractivity contribution in [2.24, 2.45) is 0 Å². The third kappa shape index (κ3) is 5.37. The second-order valence-electron chi connectivity index (χ2n) is 8.27. The molecule has 2 saturated heterocycles. The molecule has 34 heavy (non-hydrogen) atoms. The maximum Gasteiger partial charge on any atom is 0.416 e. The highest BCUT2D eigenvalue weighted by Gasteiger charge is 2.31. The van der Waals surface area contributed by atoms with Gasteiger partial charge in [-0.1, -0.05) is 6.42 Å². The van der Waals surface area contributed by atoms with Crippen LogP contribution in [0.25, 0.3) is 0 Å². The Balaban J connectivity index is 1.66. The molecule has 0 unspecified atom stereocenters. The fourth-order valence-corrected chi connectivity index (χ4v) is 5.68. The molecule has 0 atom stereocenters. The molecular formula is C23H26F3N3O4S. The van der Waals surface area contributed by atoms with E-state index in [2.05, 4.69) is 5.32 Å². The second kappa shape index (κ2) is 9.93.